The average Bonchev–Trinajstić information content (AvgIpc) is 3.46. The first kappa shape index (κ1) is 17.5. The predicted molar refractivity (Wildman–Crippen MR) is 96.8 cm³/mol. The second kappa shape index (κ2) is 7.70. The lowest BCUT2D eigenvalue weighted by molar-refractivity contribution is -0.122. The number of hydrogen-bond donors (Lipinski definition) is 2. The van der Waals surface area contributed by atoms with Gasteiger partial charge in [0.25, 0.3) is 11.8 Å². The number of anilines is 1. The summed E-state index contributed by atoms with van der Waals surface area (Å²) >= 11 is 0. The Morgan fingerprint density at radius 2 is 1.92 bits per heavy atom. The van der Waals surface area contributed by atoms with Crippen LogP contribution in [-0.4, -0.2) is 24.0 Å². The third-order valence-electron chi connectivity index (χ3n) is 3.97. The van der Waals surface area contributed by atoms with E-state index in [4.69, 9.17) is 10.00 Å². The van der Waals surface area contributed by atoms with Crippen molar-refractivity contribution in [1.29, 1.82) is 5.26 Å². The molecule has 2 aromatic rings. The van der Waals surface area contributed by atoms with Crippen LogP contribution in [0.1, 0.15) is 35.7 Å². The van der Waals surface area contributed by atoms with Crippen molar-refractivity contribution in [3.05, 3.63) is 59.7 Å². The van der Waals surface area contributed by atoms with Gasteiger partial charge in [0.2, 0.25) is 0 Å². The van der Waals surface area contributed by atoms with Crippen molar-refractivity contribution in [1.82, 2.24) is 5.32 Å². The molecule has 0 spiro atoms. The molecule has 0 heterocycles. The van der Waals surface area contributed by atoms with Gasteiger partial charge < -0.3 is 15.4 Å². The summed E-state index contributed by atoms with van der Waals surface area (Å²) in [5.74, 6) is 0.0452. The minimum absolute atomic E-state index is 0.134. The fourth-order valence-electron chi connectivity index (χ4n) is 2.34. The van der Waals surface area contributed by atoms with E-state index in [0.717, 1.165) is 12.8 Å². The molecule has 2 aromatic carbocycles. The van der Waals surface area contributed by atoms with Crippen LogP contribution < -0.4 is 15.4 Å². The molecule has 1 fully saturated rings. The molecule has 0 radical (unpaired) electrons. The number of amides is 2. The fourth-order valence-corrected chi connectivity index (χ4v) is 2.34. The normalized spacial score (nSPS) is 14.0. The number of carbonyl (C=O) groups excluding carboxylic acids is 2. The molecule has 0 bridgehead atoms. The first-order chi connectivity index (χ1) is 12.5. The molecule has 1 aliphatic carbocycles. The van der Waals surface area contributed by atoms with Gasteiger partial charge in [-0.15, -0.1) is 0 Å². The summed E-state index contributed by atoms with van der Waals surface area (Å²) < 4.78 is 5.59. The fraction of sp³-hybridized carbons (Fsp3) is 0.250. The Hall–Kier alpha value is -3.33. The Labute approximate surface area is 151 Å². The van der Waals surface area contributed by atoms with Gasteiger partial charge in [0, 0.05) is 17.3 Å². The lowest BCUT2D eigenvalue weighted by atomic mass is 10.2. The van der Waals surface area contributed by atoms with Crippen molar-refractivity contribution >= 4 is 17.5 Å². The second-order valence-corrected chi connectivity index (χ2v) is 6.21. The number of benzene rings is 2. The van der Waals surface area contributed by atoms with E-state index in [1.54, 1.807) is 55.5 Å². The molecule has 0 saturated heterocycles. The van der Waals surface area contributed by atoms with Crippen molar-refractivity contribution in [3.63, 3.8) is 0 Å². The molecule has 132 valence electrons. The van der Waals surface area contributed by atoms with Crippen molar-refractivity contribution < 1.29 is 14.3 Å². The van der Waals surface area contributed by atoms with E-state index in [9.17, 15) is 9.59 Å². The highest BCUT2D eigenvalue weighted by Gasteiger charge is 2.24. The SMILES string of the molecule is C[C@H](Oc1ccc(C#N)cc1)C(=O)Nc1cccc(C(=O)NC2CC2)c1. The van der Waals surface area contributed by atoms with Gasteiger partial charge in [0.05, 0.1) is 11.6 Å². The maximum Gasteiger partial charge on any atom is 0.265 e. The molecule has 0 unspecified atom stereocenters. The number of ether oxygens (including phenoxy) is 1. The van der Waals surface area contributed by atoms with Crippen LogP contribution in [0.3, 0.4) is 0 Å². The summed E-state index contributed by atoms with van der Waals surface area (Å²) in [6.45, 7) is 1.64. The van der Waals surface area contributed by atoms with E-state index in [1.807, 2.05) is 6.07 Å². The highest BCUT2D eigenvalue weighted by atomic mass is 16.5. The minimum atomic E-state index is -0.730. The smallest absolute Gasteiger partial charge is 0.265 e. The van der Waals surface area contributed by atoms with E-state index < -0.39 is 6.10 Å². The molecule has 0 aromatic heterocycles. The van der Waals surface area contributed by atoms with Gasteiger partial charge in [-0.05, 0) is 62.2 Å². The van der Waals surface area contributed by atoms with Gasteiger partial charge in [0.15, 0.2) is 6.10 Å². The van der Waals surface area contributed by atoms with Crippen molar-refractivity contribution in [2.75, 3.05) is 5.32 Å². The highest BCUT2D eigenvalue weighted by Crippen LogP contribution is 2.20. The van der Waals surface area contributed by atoms with Crippen molar-refractivity contribution in [3.8, 4) is 11.8 Å². The molecule has 2 N–H and O–H groups in total. The van der Waals surface area contributed by atoms with Crippen LogP contribution in [0.4, 0.5) is 5.69 Å². The first-order valence-corrected chi connectivity index (χ1v) is 8.44. The third kappa shape index (κ3) is 4.61. The number of nitriles is 1. The third-order valence-corrected chi connectivity index (χ3v) is 3.97. The van der Waals surface area contributed by atoms with E-state index in [-0.39, 0.29) is 17.9 Å². The van der Waals surface area contributed by atoms with Crippen LogP contribution in [-0.2, 0) is 4.79 Å². The maximum atomic E-state index is 12.3. The number of nitrogens with one attached hydrogen (secondary N) is 2. The maximum absolute atomic E-state index is 12.3. The Bertz CT molecular complexity index is 851. The molecule has 1 atom stereocenters. The molecule has 2 amide bonds. The van der Waals surface area contributed by atoms with E-state index in [0.29, 0.717) is 22.6 Å². The van der Waals surface area contributed by atoms with Crippen LogP contribution in [0.25, 0.3) is 0 Å². The molecule has 1 saturated carbocycles. The van der Waals surface area contributed by atoms with Crippen LogP contribution in [0.2, 0.25) is 0 Å². The summed E-state index contributed by atoms with van der Waals surface area (Å²) in [6.07, 6.45) is 1.31. The molecule has 0 aliphatic heterocycles. The summed E-state index contributed by atoms with van der Waals surface area (Å²) in [4.78, 5) is 24.4. The lowest BCUT2D eigenvalue weighted by Gasteiger charge is -2.15. The first-order valence-electron chi connectivity index (χ1n) is 8.44. The molecular weight excluding hydrogens is 330 g/mol. The standard InChI is InChI=1S/C20H19N3O3/c1-13(26-18-9-5-14(12-21)6-10-18)19(24)23-17-4-2-3-15(11-17)20(25)22-16-7-8-16/h2-6,9-11,13,16H,7-8H2,1H3,(H,22,25)(H,23,24)/t13-/m0/s1. The van der Waals surface area contributed by atoms with E-state index in [1.165, 1.54) is 0 Å². The Morgan fingerprint density at radius 1 is 1.19 bits per heavy atom. The van der Waals surface area contributed by atoms with Gasteiger partial charge >= 0.3 is 0 Å². The quantitative estimate of drug-likeness (QED) is 0.839. The van der Waals surface area contributed by atoms with Gasteiger partial charge in [-0.2, -0.15) is 5.26 Å². The predicted octanol–water partition coefficient (Wildman–Crippen LogP) is 2.86. The largest absolute Gasteiger partial charge is 0.481 e. The Kier molecular flexibility index (Phi) is 5.18. The number of nitrogens with zero attached hydrogens (tertiary/aromatic N) is 1. The summed E-state index contributed by atoms with van der Waals surface area (Å²) in [7, 11) is 0. The minimum Gasteiger partial charge on any atom is -0.481 e. The summed E-state index contributed by atoms with van der Waals surface area (Å²) in [5, 5.41) is 14.5. The van der Waals surface area contributed by atoms with Crippen molar-refractivity contribution in [2.45, 2.75) is 31.9 Å². The number of hydrogen-bond acceptors (Lipinski definition) is 4. The van der Waals surface area contributed by atoms with E-state index >= 15 is 0 Å². The van der Waals surface area contributed by atoms with Gasteiger partial charge in [-0.25, -0.2) is 0 Å². The molecule has 1 aliphatic rings. The lowest BCUT2D eigenvalue weighted by Crippen LogP contribution is -2.30. The van der Waals surface area contributed by atoms with Gasteiger partial charge in [-0.1, -0.05) is 6.07 Å². The molecule has 26 heavy (non-hydrogen) atoms. The molecule has 3 rings (SSSR count). The Balaban J connectivity index is 1.59. The van der Waals surface area contributed by atoms with Crippen LogP contribution in [0.5, 0.6) is 5.75 Å². The summed E-state index contributed by atoms with van der Waals surface area (Å²) in [6, 6.07) is 15.6. The Morgan fingerprint density at radius 3 is 2.58 bits per heavy atom. The zero-order chi connectivity index (χ0) is 18.5. The topological polar surface area (TPSA) is 91.2 Å². The average molecular weight is 349 g/mol. The van der Waals surface area contributed by atoms with Gasteiger partial charge in [0.1, 0.15) is 5.75 Å². The van der Waals surface area contributed by atoms with Crippen LogP contribution >= 0.6 is 0 Å². The highest BCUT2D eigenvalue weighted by molar-refractivity contribution is 5.98. The van der Waals surface area contributed by atoms with Crippen molar-refractivity contribution in [2.24, 2.45) is 0 Å². The summed E-state index contributed by atoms with van der Waals surface area (Å²) in [5.41, 5.74) is 1.57. The molecule has 6 nitrogen and oxygen atoms in total. The zero-order valence-corrected chi connectivity index (χ0v) is 14.4. The van der Waals surface area contributed by atoms with Gasteiger partial charge in [-0.3, -0.25) is 9.59 Å². The monoisotopic (exact) mass is 349 g/mol. The van der Waals surface area contributed by atoms with E-state index in [2.05, 4.69) is 10.6 Å². The number of carbonyl (C=O) groups is 2. The van der Waals surface area contributed by atoms with Crippen LogP contribution in [0, 0.1) is 11.3 Å². The number of rotatable bonds is 6. The zero-order valence-electron chi connectivity index (χ0n) is 14.4. The second-order valence-electron chi connectivity index (χ2n) is 6.21. The molecular formula is C20H19N3O3. The molecule has 6 heteroatoms. The van der Waals surface area contributed by atoms with Crippen LogP contribution in [0.15, 0.2) is 48.5 Å².